The maximum absolute atomic E-state index is 11.7. The highest BCUT2D eigenvalue weighted by Crippen LogP contribution is 2.33. The first-order valence-corrected chi connectivity index (χ1v) is 7.38. The molecule has 0 bridgehead atoms. The van der Waals surface area contributed by atoms with E-state index in [0.717, 1.165) is 0 Å². The minimum Gasteiger partial charge on any atom is -0.493 e. The average molecular weight is 298 g/mol. The first-order valence-electron chi connectivity index (χ1n) is 5.84. The Hall–Kier alpha value is -2.06. The number of aromatic nitrogens is 1. The molecule has 0 aliphatic rings. The molecule has 8 heteroatoms. The SMILES string of the molecule is CCOc1cccc2c1c(S(N)(=O)=O)cn2CC(=O)O. The zero-order valence-corrected chi connectivity index (χ0v) is 11.6. The Balaban J connectivity index is 2.80. The van der Waals surface area contributed by atoms with Crippen molar-refractivity contribution in [3.05, 3.63) is 24.4 Å². The summed E-state index contributed by atoms with van der Waals surface area (Å²) in [5, 5.41) is 14.4. The Labute approximate surface area is 115 Å². The van der Waals surface area contributed by atoms with Crippen molar-refractivity contribution in [2.75, 3.05) is 6.61 Å². The number of ether oxygens (including phenoxy) is 1. The van der Waals surface area contributed by atoms with Crippen molar-refractivity contribution in [1.82, 2.24) is 4.57 Å². The Morgan fingerprint density at radius 3 is 2.70 bits per heavy atom. The van der Waals surface area contributed by atoms with E-state index in [1.165, 1.54) is 10.8 Å². The van der Waals surface area contributed by atoms with Crippen LogP contribution in [0.5, 0.6) is 5.75 Å². The Morgan fingerprint density at radius 2 is 2.15 bits per heavy atom. The summed E-state index contributed by atoms with van der Waals surface area (Å²) < 4.78 is 30.0. The maximum atomic E-state index is 11.7. The highest BCUT2D eigenvalue weighted by Gasteiger charge is 2.21. The number of carboxylic acid groups (broad SMARTS) is 1. The normalized spacial score (nSPS) is 11.7. The van der Waals surface area contributed by atoms with Gasteiger partial charge in [-0.2, -0.15) is 0 Å². The first kappa shape index (κ1) is 14.4. The smallest absolute Gasteiger partial charge is 0.323 e. The third-order valence-electron chi connectivity index (χ3n) is 2.75. The van der Waals surface area contributed by atoms with Crippen molar-refractivity contribution in [3.8, 4) is 5.75 Å². The van der Waals surface area contributed by atoms with Gasteiger partial charge in [0.15, 0.2) is 0 Å². The topological polar surface area (TPSA) is 112 Å². The molecule has 1 aromatic carbocycles. The molecule has 1 aromatic heterocycles. The van der Waals surface area contributed by atoms with Crippen LogP contribution in [0, 0.1) is 0 Å². The summed E-state index contributed by atoms with van der Waals surface area (Å²) in [6.45, 7) is 1.76. The average Bonchev–Trinajstić information content (AvgIpc) is 2.69. The van der Waals surface area contributed by atoms with Crippen LogP contribution in [0.2, 0.25) is 0 Å². The van der Waals surface area contributed by atoms with Gasteiger partial charge in [-0.15, -0.1) is 0 Å². The lowest BCUT2D eigenvalue weighted by atomic mass is 10.2. The van der Waals surface area contributed by atoms with Crippen LogP contribution in [0.15, 0.2) is 29.3 Å². The fraction of sp³-hybridized carbons (Fsp3) is 0.250. The molecular formula is C12H14N2O5S. The monoisotopic (exact) mass is 298 g/mol. The van der Waals surface area contributed by atoms with Gasteiger partial charge in [0.1, 0.15) is 17.2 Å². The van der Waals surface area contributed by atoms with Crippen LogP contribution in [0.25, 0.3) is 10.9 Å². The maximum Gasteiger partial charge on any atom is 0.323 e. The van der Waals surface area contributed by atoms with Gasteiger partial charge in [0.2, 0.25) is 10.0 Å². The summed E-state index contributed by atoms with van der Waals surface area (Å²) in [5.74, 6) is -0.720. The molecule has 3 N–H and O–H groups in total. The quantitative estimate of drug-likeness (QED) is 0.847. The number of carboxylic acids is 1. The molecule has 0 radical (unpaired) electrons. The molecule has 0 saturated carbocycles. The molecule has 0 amide bonds. The number of hydrogen-bond donors (Lipinski definition) is 2. The molecule has 0 aliphatic carbocycles. The molecule has 2 aromatic rings. The molecule has 108 valence electrons. The van der Waals surface area contributed by atoms with E-state index in [1.807, 2.05) is 0 Å². The van der Waals surface area contributed by atoms with Crippen molar-refractivity contribution in [2.45, 2.75) is 18.4 Å². The van der Waals surface area contributed by atoms with Crippen molar-refractivity contribution in [3.63, 3.8) is 0 Å². The van der Waals surface area contributed by atoms with Crippen LogP contribution in [0.4, 0.5) is 0 Å². The van der Waals surface area contributed by atoms with Crippen molar-refractivity contribution in [1.29, 1.82) is 0 Å². The van der Waals surface area contributed by atoms with Gasteiger partial charge in [-0.05, 0) is 19.1 Å². The molecule has 0 aliphatic heterocycles. The molecular weight excluding hydrogens is 284 g/mol. The number of sulfonamides is 1. The summed E-state index contributed by atoms with van der Waals surface area (Å²) in [6.07, 6.45) is 1.22. The number of benzene rings is 1. The third-order valence-corrected chi connectivity index (χ3v) is 3.67. The van der Waals surface area contributed by atoms with E-state index < -0.39 is 16.0 Å². The number of primary sulfonamides is 1. The van der Waals surface area contributed by atoms with Gasteiger partial charge in [-0.25, -0.2) is 13.6 Å². The molecule has 1 heterocycles. The van der Waals surface area contributed by atoms with E-state index in [-0.39, 0.29) is 11.4 Å². The van der Waals surface area contributed by atoms with Gasteiger partial charge in [-0.3, -0.25) is 4.79 Å². The molecule has 0 atom stereocenters. The van der Waals surface area contributed by atoms with Gasteiger partial charge in [0.25, 0.3) is 0 Å². The minimum atomic E-state index is -3.98. The second-order valence-corrected chi connectivity index (χ2v) is 5.67. The van der Waals surface area contributed by atoms with Crippen molar-refractivity contribution >= 4 is 26.9 Å². The molecule has 0 saturated heterocycles. The number of hydrogen-bond acceptors (Lipinski definition) is 4. The zero-order chi connectivity index (χ0) is 14.9. The van der Waals surface area contributed by atoms with Crippen LogP contribution in [-0.4, -0.2) is 30.7 Å². The number of fused-ring (bicyclic) bond motifs is 1. The molecule has 20 heavy (non-hydrogen) atoms. The number of aliphatic carboxylic acids is 1. The Bertz CT molecular complexity index is 763. The van der Waals surface area contributed by atoms with E-state index in [9.17, 15) is 13.2 Å². The second-order valence-electron chi connectivity index (χ2n) is 4.14. The standard InChI is InChI=1S/C12H14N2O5S/c1-2-19-9-5-3-4-8-12(9)10(20(13,17)18)6-14(8)7-11(15)16/h3-6H,2,7H2,1H3,(H,15,16)(H2,13,17,18). The fourth-order valence-electron chi connectivity index (χ4n) is 2.05. The van der Waals surface area contributed by atoms with Crippen LogP contribution in [0.3, 0.4) is 0 Å². The molecule has 7 nitrogen and oxygen atoms in total. The van der Waals surface area contributed by atoms with E-state index in [1.54, 1.807) is 25.1 Å². The third kappa shape index (κ3) is 2.61. The number of rotatable bonds is 5. The summed E-state index contributed by atoms with van der Waals surface area (Å²) in [7, 11) is -3.98. The summed E-state index contributed by atoms with van der Waals surface area (Å²) in [5.41, 5.74) is 0.447. The molecule has 2 rings (SSSR count). The van der Waals surface area contributed by atoms with Gasteiger partial charge < -0.3 is 14.4 Å². The van der Waals surface area contributed by atoms with Crippen LogP contribution >= 0.6 is 0 Å². The number of nitrogens with two attached hydrogens (primary N) is 1. The zero-order valence-electron chi connectivity index (χ0n) is 10.7. The first-order chi connectivity index (χ1) is 9.34. The Morgan fingerprint density at radius 1 is 1.45 bits per heavy atom. The van der Waals surface area contributed by atoms with Crippen LogP contribution in [-0.2, 0) is 21.4 Å². The minimum absolute atomic E-state index is 0.141. The lowest BCUT2D eigenvalue weighted by Crippen LogP contribution is -2.12. The summed E-state index contributed by atoms with van der Waals surface area (Å²) in [6, 6.07) is 4.90. The van der Waals surface area contributed by atoms with Crippen LogP contribution in [0.1, 0.15) is 6.92 Å². The van der Waals surface area contributed by atoms with E-state index in [4.69, 9.17) is 15.0 Å². The lowest BCUT2D eigenvalue weighted by Gasteiger charge is -2.06. The highest BCUT2D eigenvalue weighted by atomic mass is 32.2. The van der Waals surface area contributed by atoms with Gasteiger partial charge in [0, 0.05) is 6.20 Å². The largest absolute Gasteiger partial charge is 0.493 e. The summed E-state index contributed by atoms with van der Waals surface area (Å²) >= 11 is 0. The van der Waals surface area contributed by atoms with E-state index in [2.05, 4.69) is 0 Å². The van der Waals surface area contributed by atoms with Gasteiger partial charge in [0.05, 0.1) is 17.5 Å². The van der Waals surface area contributed by atoms with Crippen molar-refractivity contribution < 1.29 is 23.1 Å². The molecule has 0 unspecified atom stereocenters. The predicted octanol–water partition coefficient (Wildman–Crippen LogP) is 0.772. The number of carbonyl (C=O) groups is 1. The van der Waals surface area contributed by atoms with Crippen LogP contribution < -0.4 is 9.88 Å². The Kier molecular flexibility index (Phi) is 3.69. The molecule has 0 spiro atoms. The van der Waals surface area contributed by atoms with E-state index in [0.29, 0.717) is 23.3 Å². The van der Waals surface area contributed by atoms with Gasteiger partial charge in [-0.1, -0.05) is 6.07 Å². The van der Waals surface area contributed by atoms with Crippen molar-refractivity contribution in [2.24, 2.45) is 5.14 Å². The second kappa shape index (κ2) is 5.14. The predicted molar refractivity (Wildman–Crippen MR) is 72.1 cm³/mol. The lowest BCUT2D eigenvalue weighted by molar-refractivity contribution is -0.137. The summed E-state index contributed by atoms with van der Waals surface area (Å²) in [4.78, 5) is 10.7. The number of nitrogens with zero attached hydrogens (tertiary/aromatic N) is 1. The van der Waals surface area contributed by atoms with E-state index >= 15 is 0 Å². The molecule has 0 fully saturated rings. The van der Waals surface area contributed by atoms with Gasteiger partial charge >= 0.3 is 5.97 Å². The highest BCUT2D eigenvalue weighted by molar-refractivity contribution is 7.89. The fourth-order valence-corrected chi connectivity index (χ4v) is 2.81.